The first-order chi connectivity index (χ1) is 9.72. The maximum absolute atomic E-state index is 5.96. The van der Waals surface area contributed by atoms with Crippen LogP contribution in [0.25, 0.3) is 28.1 Å². The summed E-state index contributed by atoms with van der Waals surface area (Å²) in [6.07, 6.45) is 1.59. The molecule has 0 bridgehead atoms. The smallest absolute Gasteiger partial charge is 0.223 e. The van der Waals surface area contributed by atoms with Gasteiger partial charge in [-0.15, -0.1) is 5.10 Å². The topological polar surface area (TPSA) is 82.2 Å². The van der Waals surface area contributed by atoms with E-state index in [1.54, 1.807) is 12.3 Å². The molecule has 0 aliphatic rings. The molecule has 0 atom stereocenters. The van der Waals surface area contributed by atoms with Gasteiger partial charge in [-0.2, -0.15) is 4.52 Å². The molecule has 0 fully saturated rings. The van der Waals surface area contributed by atoms with E-state index < -0.39 is 0 Å². The van der Waals surface area contributed by atoms with Crippen molar-refractivity contribution < 1.29 is 4.42 Å². The van der Waals surface area contributed by atoms with Crippen molar-refractivity contribution in [3.63, 3.8) is 0 Å². The van der Waals surface area contributed by atoms with Crippen LogP contribution < -0.4 is 5.73 Å². The van der Waals surface area contributed by atoms with Crippen molar-refractivity contribution in [2.24, 2.45) is 0 Å². The molecule has 4 aromatic rings. The summed E-state index contributed by atoms with van der Waals surface area (Å²) < 4.78 is 6.86. The summed E-state index contributed by atoms with van der Waals surface area (Å²) >= 11 is 0. The van der Waals surface area contributed by atoms with Crippen LogP contribution in [0, 0.1) is 6.92 Å². The molecule has 4 rings (SSSR count). The second-order valence-corrected chi connectivity index (χ2v) is 4.64. The minimum Gasteiger partial charge on any atom is -0.461 e. The number of anilines is 1. The Kier molecular flexibility index (Phi) is 2.09. The summed E-state index contributed by atoms with van der Waals surface area (Å²) in [5, 5.41) is 5.26. The Bertz CT molecular complexity index is 924. The third kappa shape index (κ3) is 1.48. The van der Waals surface area contributed by atoms with Crippen LogP contribution in [0.2, 0.25) is 0 Å². The highest BCUT2D eigenvalue weighted by Gasteiger charge is 2.14. The third-order valence-corrected chi connectivity index (χ3v) is 3.19. The lowest BCUT2D eigenvalue weighted by atomic mass is 10.2. The molecular weight excluding hydrogens is 254 g/mol. The molecule has 0 spiro atoms. The maximum Gasteiger partial charge on any atom is 0.223 e. The number of fused-ring (bicyclic) bond motifs is 3. The molecular formula is C14H11N5O. The Labute approximate surface area is 113 Å². The Hall–Kier alpha value is -2.89. The highest BCUT2D eigenvalue weighted by atomic mass is 16.3. The number of aromatic nitrogens is 4. The summed E-state index contributed by atoms with van der Waals surface area (Å²) in [5.41, 5.74) is 8.58. The van der Waals surface area contributed by atoms with Gasteiger partial charge in [-0.25, -0.2) is 9.97 Å². The van der Waals surface area contributed by atoms with Crippen LogP contribution in [0.15, 0.2) is 41.0 Å². The Morgan fingerprint density at radius 2 is 2.10 bits per heavy atom. The zero-order chi connectivity index (χ0) is 13.7. The Balaban J connectivity index is 2.10. The van der Waals surface area contributed by atoms with Crippen molar-refractivity contribution in [3.05, 3.63) is 42.2 Å². The minimum atomic E-state index is 0.309. The first-order valence-electron chi connectivity index (χ1n) is 6.19. The molecule has 0 amide bonds. The van der Waals surface area contributed by atoms with Gasteiger partial charge in [0.05, 0.1) is 11.8 Å². The highest BCUT2D eigenvalue weighted by Crippen LogP contribution is 2.23. The highest BCUT2D eigenvalue weighted by molar-refractivity contribution is 5.93. The van der Waals surface area contributed by atoms with E-state index in [2.05, 4.69) is 15.1 Å². The van der Waals surface area contributed by atoms with E-state index in [-0.39, 0.29) is 0 Å². The lowest BCUT2D eigenvalue weighted by Gasteiger charge is -2.02. The van der Waals surface area contributed by atoms with Crippen molar-refractivity contribution in [1.82, 2.24) is 19.6 Å². The predicted octanol–water partition coefficient (Wildman–Crippen LogP) is 2.43. The van der Waals surface area contributed by atoms with E-state index in [1.165, 1.54) is 4.52 Å². The average molecular weight is 265 g/mol. The van der Waals surface area contributed by atoms with Gasteiger partial charge in [0.2, 0.25) is 11.8 Å². The summed E-state index contributed by atoms with van der Waals surface area (Å²) in [5.74, 6) is 1.41. The predicted molar refractivity (Wildman–Crippen MR) is 75.1 cm³/mol. The van der Waals surface area contributed by atoms with Gasteiger partial charge in [-0.05, 0) is 36.8 Å². The van der Waals surface area contributed by atoms with Crippen LogP contribution in [-0.4, -0.2) is 19.6 Å². The number of nitrogens with two attached hydrogens (primary N) is 1. The number of nitrogen functional groups attached to an aromatic ring is 1. The van der Waals surface area contributed by atoms with Crippen molar-refractivity contribution >= 4 is 22.5 Å². The summed E-state index contributed by atoms with van der Waals surface area (Å²) in [7, 11) is 0. The van der Waals surface area contributed by atoms with Crippen molar-refractivity contribution in [1.29, 1.82) is 0 Å². The fourth-order valence-electron chi connectivity index (χ4n) is 2.25. The van der Waals surface area contributed by atoms with Gasteiger partial charge in [0.25, 0.3) is 0 Å². The van der Waals surface area contributed by atoms with Crippen LogP contribution in [0.3, 0.4) is 0 Å². The number of nitrogens with zero attached hydrogens (tertiary/aromatic N) is 4. The molecule has 1 aromatic carbocycles. The summed E-state index contributed by atoms with van der Waals surface area (Å²) in [4.78, 5) is 8.88. The Morgan fingerprint density at radius 3 is 2.90 bits per heavy atom. The van der Waals surface area contributed by atoms with Crippen LogP contribution in [0.4, 0.5) is 5.95 Å². The molecule has 0 saturated heterocycles. The van der Waals surface area contributed by atoms with E-state index in [0.29, 0.717) is 23.2 Å². The van der Waals surface area contributed by atoms with E-state index >= 15 is 0 Å². The largest absolute Gasteiger partial charge is 0.461 e. The van der Waals surface area contributed by atoms with Crippen LogP contribution in [0.5, 0.6) is 0 Å². The van der Waals surface area contributed by atoms with Crippen LogP contribution >= 0.6 is 0 Å². The molecule has 6 heteroatoms. The fraction of sp³-hybridized carbons (Fsp3) is 0.0714. The zero-order valence-corrected chi connectivity index (χ0v) is 10.7. The van der Waals surface area contributed by atoms with Gasteiger partial charge in [0, 0.05) is 5.39 Å². The van der Waals surface area contributed by atoms with Gasteiger partial charge >= 0.3 is 0 Å². The van der Waals surface area contributed by atoms with Gasteiger partial charge in [-0.1, -0.05) is 6.07 Å². The van der Waals surface area contributed by atoms with Crippen molar-refractivity contribution in [2.75, 3.05) is 5.73 Å². The standard InChI is InChI=1S/C14H11N5O/c1-8-4-5-9-10(7-8)16-14(15)19-13(9)17-12(18-19)11-3-2-6-20-11/h2-7H,1H3,(H2,15,16). The summed E-state index contributed by atoms with van der Waals surface area (Å²) in [6, 6.07) is 9.58. The fourth-order valence-corrected chi connectivity index (χ4v) is 2.25. The number of aryl methyl sites for hydroxylation is 1. The minimum absolute atomic E-state index is 0.309. The number of hydrogen-bond acceptors (Lipinski definition) is 5. The lowest BCUT2D eigenvalue weighted by Crippen LogP contribution is -2.02. The van der Waals surface area contributed by atoms with Gasteiger partial charge in [0.15, 0.2) is 11.4 Å². The number of benzene rings is 1. The van der Waals surface area contributed by atoms with E-state index in [4.69, 9.17) is 10.2 Å². The van der Waals surface area contributed by atoms with Crippen molar-refractivity contribution in [2.45, 2.75) is 6.92 Å². The Morgan fingerprint density at radius 1 is 1.20 bits per heavy atom. The molecule has 0 radical (unpaired) electrons. The van der Waals surface area contributed by atoms with E-state index in [1.807, 2.05) is 31.2 Å². The second kappa shape index (κ2) is 3.80. The molecule has 0 aliphatic carbocycles. The number of hydrogen-bond donors (Lipinski definition) is 1. The van der Waals surface area contributed by atoms with Crippen LogP contribution in [0.1, 0.15) is 5.56 Å². The number of rotatable bonds is 1. The molecule has 0 unspecified atom stereocenters. The van der Waals surface area contributed by atoms with Crippen molar-refractivity contribution in [3.8, 4) is 11.6 Å². The quantitative estimate of drug-likeness (QED) is 0.571. The SMILES string of the molecule is Cc1ccc2c(c1)nc(N)n1nc(-c3ccco3)nc21. The monoisotopic (exact) mass is 265 g/mol. The molecule has 3 aromatic heterocycles. The molecule has 2 N–H and O–H groups in total. The molecule has 0 aliphatic heterocycles. The average Bonchev–Trinajstić information content (AvgIpc) is 3.07. The zero-order valence-electron chi connectivity index (χ0n) is 10.7. The van der Waals surface area contributed by atoms with Gasteiger partial charge in [0.1, 0.15) is 0 Å². The first kappa shape index (κ1) is 11.0. The summed E-state index contributed by atoms with van der Waals surface area (Å²) in [6.45, 7) is 2.01. The normalized spacial score (nSPS) is 11.4. The van der Waals surface area contributed by atoms with E-state index in [0.717, 1.165) is 16.5 Å². The van der Waals surface area contributed by atoms with E-state index in [9.17, 15) is 0 Å². The first-order valence-corrected chi connectivity index (χ1v) is 6.19. The molecule has 98 valence electrons. The van der Waals surface area contributed by atoms with Crippen LogP contribution in [-0.2, 0) is 0 Å². The molecule has 0 saturated carbocycles. The maximum atomic E-state index is 5.96. The molecule has 6 nitrogen and oxygen atoms in total. The van der Waals surface area contributed by atoms with Gasteiger partial charge in [-0.3, -0.25) is 0 Å². The van der Waals surface area contributed by atoms with Gasteiger partial charge < -0.3 is 10.2 Å². The molecule has 20 heavy (non-hydrogen) atoms. The lowest BCUT2D eigenvalue weighted by molar-refractivity contribution is 0.577. The second-order valence-electron chi connectivity index (χ2n) is 4.64. The number of furan rings is 1. The molecule has 3 heterocycles. The third-order valence-electron chi connectivity index (χ3n) is 3.19.